The summed E-state index contributed by atoms with van der Waals surface area (Å²) in [4.78, 5) is 6.64. The summed E-state index contributed by atoms with van der Waals surface area (Å²) in [5, 5.41) is 4.73. The lowest BCUT2D eigenvalue weighted by Crippen LogP contribution is -2.25. The highest BCUT2D eigenvalue weighted by molar-refractivity contribution is 6.30. The van der Waals surface area contributed by atoms with Crippen LogP contribution in [-0.2, 0) is 19.6 Å². The molecular formula is C14H17ClN4O. The van der Waals surface area contributed by atoms with E-state index in [2.05, 4.69) is 27.2 Å². The number of benzene rings is 1. The van der Waals surface area contributed by atoms with Crippen LogP contribution in [0.1, 0.15) is 30.1 Å². The predicted molar refractivity (Wildman–Crippen MR) is 75.9 cm³/mol. The predicted octanol–water partition coefficient (Wildman–Crippen LogP) is 2.35. The largest absolute Gasteiger partial charge is 0.338 e. The normalized spacial score (nSPS) is 14.9. The molecule has 0 bridgehead atoms. The molecule has 20 heavy (non-hydrogen) atoms. The van der Waals surface area contributed by atoms with Crippen LogP contribution in [-0.4, -0.2) is 21.1 Å². The van der Waals surface area contributed by atoms with Crippen molar-refractivity contribution in [3.8, 4) is 0 Å². The van der Waals surface area contributed by atoms with Crippen molar-refractivity contribution in [3.63, 3.8) is 0 Å². The number of rotatable bonds is 6. The van der Waals surface area contributed by atoms with Crippen molar-refractivity contribution in [1.82, 2.24) is 15.0 Å². The molecule has 0 atom stereocenters. The number of nitrogens with two attached hydrogens (primary N) is 1. The third kappa shape index (κ3) is 3.36. The van der Waals surface area contributed by atoms with Gasteiger partial charge in [0.05, 0.1) is 13.1 Å². The third-order valence-electron chi connectivity index (χ3n) is 3.39. The molecule has 2 aromatic rings. The molecule has 0 aliphatic heterocycles. The van der Waals surface area contributed by atoms with Gasteiger partial charge >= 0.3 is 0 Å². The second kappa shape index (κ2) is 5.91. The van der Waals surface area contributed by atoms with Crippen molar-refractivity contribution in [2.45, 2.75) is 38.5 Å². The SMILES string of the molecule is NCc1nc(CN(Cc2ccc(Cl)cc2)C2CC2)no1. The fourth-order valence-corrected chi connectivity index (χ4v) is 2.32. The van der Waals surface area contributed by atoms with Crippen LogP contribution < -0.4 is 5.73 Å². The van der Waals surface area contributed by atoms with E-state index in [0.717, 1.165) is 11.6 Å². The van der Waals surface area contributed by atoms with E-state index in [1.54, 1.807) is 0 Å². The van der Waals surface area contributed by atoms with E-state index in [4.69, 9.17) is 21.9 Å². The Kier molecular flexibility index (Phi) is 4.00. The van der Waals surface area contributed by atoms with Crippen molar-refractivity contribution in [2.24, 2.45) is 5.73 Å². The zero-order valence-corrected chi connectivity index (χ0v) is 11.9. The second-order valence-corrected chi connectivity index (χ2v) is 5.51. The molecule has 3 rings (SSSR count). The van der Waals surface area contributed by atoms with Gasteiger partial charge in [-0.2, -0.15) is 4.98 Å². The molecule has 1 aromatic carbocycles. The highest BCUT2D eigenvalue weighted by Gasteiger charge is 2.30. The molecule has 0 spiro atoms. The van der Waals surface area contributed by atoms with Gasteiger partial charge in [-0.15, -0.1) is 0 Å². The van der Waals surface area contributed by atoms with Crippen LogP contribution in [0, 0.1) is 0 Å². The maximum Gasteiger partial charge on any atom is 0.240 e. The van der Waals surface area contributed by atoms with Crippen LogP contribution in [0.25, 0.3) is 0 Å². The average molecular weight is 293 g/mol. The second-order valence-electron chi connectivity index (χ2n) is 5.07. The van der Waals surface area contributed by atoms with Gasteiger partial charge in [-0.1, -0.05) is 28.9 Å². The summed E-state index contributed by atoms with van der Waals surface area (Å²) in [6, 6.07) is 8.56. The Morgan fingerprint density at radius 2 is 2.00 bits per heavy atom. The third-order valence-corrected chi connectivity index (χ3v) is 3.64. The van der Waals surface area contributed by atoms with Gasteiger partial charge in [0, 0.05) is 17.6 Å². The van der Waals surface area contributed by atoms with Crippen LogP contribution in [0.2, 0.25) is 5.02 Å². The molecule has 0 saturated heterocycles. The molecule has 6 heteroatoms. The van der Waals surface area contributed by atoms with E-state index in [0.29, 0.717) is 24.3 Å². The van der Waals surface area contributed by atoms with Crippen molar-refractivity contribution in [1.29, 1.82) is 0 Å². The summed E-state index contributed by atoms with van der Waals surface area (Å²) in [6.07, 6.45) is 2.46. The lowest BCUT2D eigenvalue weighted by Gasteiger charge is -2.20. The van der Waals surface area contributed by atoms with Crippen molar-refractivity contribution < 1.29 is 4.52 Å². The van der Waals surface area contributed by atoms with Gasteiger partial charge < -0.3 is 10.3 Å². The maximum absolute atomic E-state index is 5.91. The van der Waals surface area contributed by atoms with Gasteiger partial charge in [0.25, 0.3) is 0 Å². The number of halogens is 1. The molecule has 1 aromatic heterocycles. The minimum atomic E-state index is 0.285. The van der Waals surface area contributed by atoms with Crippen LogP contribution in [0.5, 0.6) is 0 Å². The zero-order chi connectivity index (χ0) is 13.9. The lowest BCUT2D eigenvalue weighted by molar-refractivity contribution is 0.235. The molecule has 5 nitrogen and oxygen atoms in total. The standard InChI is InChI=1S/C14H17ClN4O/c15-11-3-1-10(2-4-11)8-19(12-5-6-12)9-13-17-14(7-16)20-18-13/h1-4,12H,5-9,16H2. The van der Waals surface area contributed by atoms with Gasteiger partial charge in [0.15, 0.2) is 5.82 Å². The van der Waals surface area contributed by atoms with E-state index in [-0.39, 0.29) is 6.54 Å². The Morgan fingerprint density at radius 1 is 1.25 bits per heavy atom. The maximum atomic E-state index is 5.91. The lowest BCUT2D eigenvalue weighted by atomic mass is 10.2. The van der Waals surface area contributed by atoms with Crippen molar-refractivity contribution >= 4 is 11.6 Å². The van der Waals surface area contributed by atoms with Crippen LogP contribution in [0.15, 0.2) is 28.8 Å². The first-order chi connectivity index (χ1) is 9.74. The molecule has 0 unspecified atom stereocenters. The van der Waals surface area contributed by atoms with Gasteiger partial charge in [-0.3, -0.25) is 4.90 Å². The topological polar surface area (TPSA) is 68.2 Å². The summed E-state index contributed by atoms with van der Waals surface area (Å²) in [5.41, 5.74) is 6.72. The van der Waals surface area contributed by atoms with E-state index >= 15 is 0 Å². The molecule has 1 heterocycles. The highest BCUT2D eigenvalue weighted by Crippen LogP contribution is 2.29. The number of aromatic nitrogens is 2. The van der Waals surface area contributed by atoms with E-state index in [9.17, 15) is 0 Å². The molecule has 1 saturated carbocycles. The van der Waals surface area contributed by atoms with Gasteiger partial charge in [-0.25, -0.2) is 0 Å². The number of hydrogen-bond donors (Lipinski definition) is 1. The summed E-state index contributed by atoms with van der Waals surface area (Å²) in [6.45, 7) is 1.85. The zero-order valence-electron chi connectivity index (χ0n) is 11.1. The Morgan fingerprint density at radius 3 is 2.60 bits per heavy atom. The van der Waals surface area contributed by atoms with Crippen molar-refractivity contribution in [2.75, 3.05) is 0 Å². The molecule has 2 N–H and O–H groups in total. The van der Waals surface area contributed by atoms with Crippen LogP contribution in [0.3, 0.4) is 0 Å². The fourth-order valence-electron chi connectivity index (χ4n) is 2.20. The molecular weight excluding hydrogens is 276 g/mol. The van der Waals surface area contributed by atoms with Crippen molar-refractivity contribution in [3.05, 3.63) is 46.6 Å². The highest BCUT2D eigenvalue weighted by atomic mass is 35.5. The molecule has 0 radical (unpaired) electrons. The molecule has 1 aliphatic carbocycles. The average Bonchev–Trinajstić information content (AvgIpc) is 3.21. The Bertz CT molecular complexity index is 565. The minimum absolute atomic E-state index is 0.285. The van der Waals surface area contributed by atoms with E-state index < -0.39 is 0 Å². The summed E-state index contributed by atoms with van der Waals surface area (Å²) in [5.74, 6) is 1.19. The first-order valence-electron chi connectivity index (χ1n) is 6.74. The Balaban J connectivity index is 1.67. The molecule has 1 aliphatic rings. The summed E-state index contributed by atoms with van der Waals surface area (Å²) >= 11 is 5.91. The minimum Gasteiger partial charge on any atom is -0.338 e. The fraction of sp³-hybridized carbons (Fsp3) is 0.429. The smallest absolute Gasteiger partial charge is 0.240 e. The quantitative estimate of drug-likeness (QED) is 0.885. The Labute approximate surface area is 122 Å². The number of hydrogen-bond acceptors (Lipinski definition) is 5. The first-order valence-corrected chi connectivity index (χ1v) is 7.12. The molecule has 1 fully saturated rings. The van der Waals surface area contributed by atoms with Gasteiger partial charge in [-0.05, 0) is 30.5 Å². The molecule has 0 amide bonds. The van der Waals surface area contributed by atoms with Gasteiger partial charge in [0.2, 0.25) is 5.89 Å². The van der Waals surface area contributed by atoms with E-state index in [1.165, 1.54) is 18.4 Å². The Hall–Kier alpha value is -1.43. The monoisotopic (exact) mass is 292 g/mol. The number of nitrogens with zero attached hydrogens (tertiary/aromatic N) is 3. The molecule has 106 valence electrons. The van der Waals surface area contributed by atoms with Crippen LogP contribution >= 0.6 is 11.6 Å². The summed E-state index contributed by atoms with van der Waals surface area (Å²) < 4.78 is 5.05. The van der Waals surface area contributed by atoms with Gasteiger partial charge in [0.1, 0.15) is 0 Å². The summed E-state index contributed by atoms with van der Waals surface area (Å²) in [7, 11) is 0. The first kappa shape index (κ1) is 13.5. The van der Waals surface area contributed by atoms with E-state index in [1.807, 2.05) is 12.1 Å². The van der Waals surface area contributed by atoms with Crippen LogP contribution in [0.4, 0.5) is 0 Å².